The number of amides is 1. The number of pyridine rings is 1. The van der Waals surface area contributed by atoms with E-state index in [9.17, 15) is 14.4 Å². The number of fused-ring (bicyclic) bond motifs is 1. The van der Waals surface area contributed by atoms with E-state index in [1.165, 1.54) is 29.9 Å². The maximum atomic E-state index is 12.6. The summed E-state index contributed by atoms with van der Waals surface area (Å²) in [7, 11) is 0. The lowest BCUT2D eigenvalue weighted by Crippen LogP contribution is -2.32. The second-order valence-corrected chi connectivity index (χ2v) is 5.65. The molecule has 1 aliphatic heterocycles. The summed E-state index contributed by atoms with van der Waals surface area (Å²) < 4.78 is 1.51. The van der Waals surface area contributed by atoms with Crippen LogP contribution in [0.2, 0.25) is 5.15 Å². The molecular formula is C15H13ClN4O3. The molecule has 1 N–H and O–H groups in total. The fraction of sp³-hybridized carbons (Fsp3) is 0.267. The average Bonchev–Trinajstić information content (AvgIpc) is 2.90. The standard InChI is InChI=1S/C15H13ClN4O3/c1-8(21)18-13-6-11-15(23)10(4-5-20(11)19-13)14(22)9-2-3-12(16)17-7-9/h2-3,6-7,10H,4-5H2,1H3,(H,18,19,21). The van der Waals surface area contributed by atoms with Crippen molar-refractivity contribution in [3.8, 4) is 0 Å². The zero-order chi connectivity index (χ0) is 16.6. The molecule has 0 saturated heterocycles. The van der Waals surface area contributed by atoms with E-state index in [1.54, 1.807) is 6.07 Å². The van der Waals surface area contributed by atoms with Crippen molar-refractivity contribution in [2.24, 2.45) is 5.92 Å². The summed E-state index contributed by atoms with van der Waals surface area (Å²) in [5.41, 5.74) is 0.670. The zero-order valence-electron chi connectivity index (χ0n) is 12.2. The minimum atomic E-state index is -0.771. The largest absolute Gasteiger partial charge is 0.309 e. The summed E-state index contributed by atoms with van der Waals surface area (Å²) in [6.07, 6.45) is 1.72. The van der Waals surface area contributed by atoms with E-state index in [1.807, 2.05) is 0 Å². The molecule has 3 rings (SSSR count). The maximum Gasteiger partial charge on any atom is 0.222 e. The van der Waals surface area contributed by atoms with Gasteiger partial charge in [0.15, 0.2) is 17.4 Å². The monoisotopic (exact) mass is 332 g/mol. The van der Waals surface area contributed by atoms with Crippen LogP contribution in [0.5, 0.6) is 0 Å². The molecule has 3 heterocycles. The van der Waals surface area contributed by atoms with E-state index >= 15 is 0 Å². The number of ketones is 2. The van der Waals surface area contributed by atoms with Crippen molar-refractivity contribution in [2.75, 3.05) is 5.32 Å². The van der Waals surface area contributed by atoms with E-state index in [2.05, 4.69) is 15.4 Å². The number of hydrogen-bond donors (Lipinski definition) is 1. The number of hydrogen-bond acceptors (Lipinski definition) is 5. The van der Waals surface area contributed by atoms with Crippen LogP contribution >= 0.6 is 11.6 Å². The Kier molecular flexibility index (Phi) is 3.96. The van der Waals surface area contributed by atoms with Crippen LogP contribution in [0.4, 0.5) is 5.82 Å². The summed E-state index contributed by atoms with van der Waals surface area (Å²) >= 11 is 5.71. The van der Waals surface area contributed by atoms with Crippen LogP contribution in [0.1, 0.15) is 34.2 Å². The highest BCUT2D eigenvalue weighted by Gasteiger charge is 2.34. The van der Waals surface area contributed by atoms with Gasteiger partial charge in [-0.15, -0.1) is 0 Å². The molecule has 0 spiro atoms. The van der Waals surface area contributed by atoms with Crippen LogP contribution in [0.15, 0.2) is 24.4 Å². The Hall–Kier alpha value is -2.54. The molecular weight excluding hydrogens is 320 g/mol. The maximum absolute atomic E-state index is 12.6. The highest BCUT2D eigenvalue weighted by Crippen LogP contribution is 2.25. The van der Waals surface area contributed by atoms with Crippen molar-refractivity contribution in [3.63, 3.8) is 0 Å². The molecule has 1 atom stereocenters. The van der Waals surface area contributed by atoms with E-state index in [-0.39, 0.29) is 22.6 Å². The molecule has 0 radical (unpaired) electrons. The van der Waals surface area contributed by atoms with Crippen molar-refractivity contribution in [2.45, 2.75) is 19.9 Å². The molecule has 2 aromatic rings. The number of carbonyl (C=O) groups is 3. The quantitative estimate of drug-likeness (QED) is 0.527. The predicted octanol–water partition coefficient (Wildman–Crippen LogP) is 1.98. The van der Waals surface area contributed by atoms with Gasteiger partial charge in [-0.1, -0.05) is 11.6 Å². The first kappa shape index (κ1) is 15.4. The smallest absolute Gasteiger partial charge is 0.222 e. The minimum Gasteiger partial charge on any atom is -0.309 e. The summed E-state index contributed by atoms with van der Waals surface area (Å²) in [6, 6.07) is 4.56. The van der Waals surface area contributed by atoms with Crippen molar-refractivity contribution in [1.29, 1.82) is 0 Å². The number of nitrogens with zero attached hydrogens (tertiary/aromatic N) is 3. The number of carbonyl (C=O) groups excluding carboxylic acids is 3. The molecule has 1 unspecified atom stereocenters. The van der Waals surface area contributed by atoms with Crippen molar-refractivity contribution in [1.82, 2.24) is 14.8 Å². The number of Topliss-reactive ketones (excluding diaryl/α,β-unsaturated/α-hetero) is 2. The van der Waals surface area contributed by atoms with Crippen LogP contribution in [0, 0.1) is 5.92 Å². The third-order valence-corrected chi connectivity index (χ3v) is 3.83. The number of aryl methyl sites for hydroxylation is 1. The van der Waals surface area contributed by atoms with Crippen LogP contribution in [-0.2, 0) is 11.3 Å². The van der Waals surface area contributed by atoms with Gasteiger partial charge in [-0.05, 0) is 18.6 Å². The topological polar surface area (TPSA) is 93.9 Å². The van der Waals surface area contributed by atoms with Gasteiger partial charge in [-0.25, -0.2) is 4.98 Å². The molecule has 0 aromatic carbocycles. The van der Waals surface area contributed by atoms with E-state index < -0.39 is 5.92 Å². The van der Waals surface area contributed by atoms with Gasteiger partial charge < -0.3 is 5.32 Å². The molecule has 23 heavy (non-hydrogen) atoms. The fourth-order valence-corrected chi connectivity index (χ4v) is 2.67. The van der Waals surface area contributed by atoms with Crippen molar-refractivity contribution in [3.05, 3.63) is 40.8 Å². The Balaban J connectivity index is 1.85. The Labute approximate surface area is 136 Å². The van der Waals surface area contributed by atoms with E-state index in [4.69, 9.17) is 11.6 Å². The SMILES string of the molecule is CC(=O)Nc1cc2n(n1)CCC(C(=O)c1ccc(Cl)nc1)C2=O. The first-order valence-corrected chi connectivity index (χ1v) is 7.39. The lowest BCUT2D eigenvalue weighted by Gasteiger charge is -2.20. The number of halogens is 1. The van der Waals surface area contributed by atoms with Gasteiger partial charge in [0, 0.05) is 31.3 Å². The van der Waals surface area contributed by atoms with Gasteiger partial charge in [0.1, 0.15) is 10.8 Å². The Morgan fingerprint density at radius 1 is 1.39 bits per heavy atom. The number of aromatic nitrogens is 3. The molecule has 118 valence electrons. The molecule has 0 aliphatic carbocycles. The molecule has 0 bridgehead atoms. The molecule has 8 heteroatoms. The second-order valence-electron chi connectivity index (χ2n) is 5.26. The molecule has 1 aliphatic rings. The second kappa shape index (κ2) is 5.92. The summed E-state index contributed by atoms with van der Waals surface area (Å²) in [6.45, 7) is 1.79. The van der Waals surface area contributed by atoms with Crippen LogP contribution in [0.25, 0.3) is 0 Å². The van der Waals surface area contributed by atoms with Crippen LogP contribution in [-0.4, -0.2) is 32.2 Å². The third kappa shape index (κ3) is 3.00. The summed E-state index contributed by atoms with van der Waals surface area (Å²) in [4.78, 5) is 40.0. The lowest BCUT2D eigenvalue weighted by atomic mass is 9.88. The van der Waals surface area contributed by atoms with Crippen LogP contribution < -0.4 is 5.32 Å². The van der Waals surface area contributed by atoms with Gasteiger partial charge in [-0.3, -0.25) is 19.1 Å². The Morgan fingerprint density at radius 3 is 2.83 bits per heavy atom. The first-order chi connectivity index (χ1) is 11.0. The van der Waals surface area contributed by atoms with Crippen molar-refractivity contribution >= 4 is 34.9 Å². The normalized spacial score (nSPS) is 16.8. The number of anilines is 1. The first-order valence-electron chi connectivity index (χ1n) is 7.01. The number of rotatable bonds is 3. The molecule has 2 aromatic heterocycles. The van der Waals surface area contributed by atoms with Gasteiger partial charge in [0.2, 0.25) is 5.91 Å². The molecule has 0 saturated carbocycles. The Bertz CT molecular complexity index is 798. The molecule has 7 nitrogen and oxygen atoms in total. The van der Waals surface area contributed by atoms with Gasteiger partial charge in [-0.2, -0.15) is 5.10 Å². The molecule has 1 amide bonds. The minimum absolute atomic E-state index is 0.271. The zero-order valence-corrected chi connectivity index (χ0v) is 13.0. The Morgan fingerprint density at radius 2 is 2.17 bits per heavy atom. The highest BCUT2D eigenvalue weighted by molar-refractivity contribution is 6.29. The predicted molar refractivity (Wildman–Crippen MR) is 82.5 cm³/mol. The van der Waals surface area contributed by atoms with Crippen LogP contribution in [0.3, 0.4) is 0 Å². The highest BCUT2D eigenvalue weighted by atomic mass is 35.5. The number of nitrogens with one attached hydrogen (secondary N) is 1. The van der Waals surface area contributed by atoms with Gasteiger partial charge >= 0.3 is 0 Å². The summed E-state index contributed by atoms with van der Waals surface area (Å²) in [5, 5.41) is 6.96. The van der Waals surface area contributed by atoms with E-state index in [0.29, 0.717) is 30.0 Å². The fourth-order valence-electron chi connectivity index (χ4n) is 2.56. The van der Waals surface area contributed by atoms with Gasteiger partial charge in [0.25, 0.3) is 0 Å². The van der Waals surface area contributed by atoms with E-state index in [0.717, 1.165) is 0 Å². The molecule has 0 fully saturated rings. The van der Waals surface area contributed by atoms with Crippen molar-refractivity contribution < 1.29 is 14.4 Å². The third-order valence-electron chi connectivity index (χ3n) is 3.61. The lowest BCUT2D eigenvalue weighted by molar-refractivity contribution is -0.114. The van der Waals surface area contributed by atoms with Gasteiger partial charge in [0.05, 0.1) is 5.92 Å². The average molecular weight is 333 g/mol. The summed E-state index contributed by atoms with van der Waals surface area (Å²) in [5.74, 6) is -1.32.